The molecule has 1 aromatic heterocycles. The summed E-state index contributed by atoms with van der Waals surface area (Å²) < 4.78 is 5.44. The normalized spacial score (nSPS) is 10.8. The van der Waals surface area contributed by atoms with Gasteiger partial charge in [-0.3, -0.25) is 0 Å². The lowest BCUT2D eigenvalue weighted by Gasteiger charge is -2.06. The Kier molecular flexibility index (Phi) is 3.72. The van der Waals surface area contributed by atoms with E-state index in [4.69, 9.17) is 4.42 Å². The van der Waals surface area contributed by atoms with E-state index in [9.17, 15) is 4.79 Å². The topological polar surface area (TPSA) is 30.2 Å². The zero-order valence-corrected chi connectivity index (χ0v) is 13.1. The summed E-state index contributed by atoms with van der Waals surface area (Å²) in [5, 5.41) is 2.30. The first-order valence-electron chi connectivity index (χ1n) is 7.95. The highest BCUT2D eigenvalue weighted by atomic mass is 16.4. The Morgan fingerprint density at radius 2 is 1.42 bits per heavy atom. The molecule has 0 aliphatic carbocycles. The Morgan fingerprint density at radius 3 is 2.25 bits per heavy atom. The van der Waals surface area contributed by atoms with E-state index in [-0.39, 0.29) is 5.63 Å². The van der Waals surface area contributed by atoms with E-state index in [2.05, 4.69) is 36.4 Å². The Labute approximate surface area is 140 Å². The summed E-state index contributed by atoms with van der Waals surface area (Å²) in [5.74, 6) is 0.610. The molecule has 3 aromatic carbocycles. The van der Waals surface area contributed by atoms with E-state index in [0.717, 1.165) is 16.5 Å². The summed E-state index contributed by atoms with van der Waals surface area (Å²) in [6, 6.07) is 27.9. The van der Waals surface area contributed by atoms with E-state index in [1.165, 1.54) is 10.9 Å². The smallest absolute Gasteiger partial charge is 0.336 e. The molecule has 0 spiro atoms. The summed E-state index contributed by atoms with van der Waals surface area (Å²) in [5.41, 5.74) is 2.74. The van der Waals surface area contributed by atoms with Crippen molar-refractivity contribution >= 4 is 10.8 Å². The van der Waals surface area contributed by atoms with Gasteiger partial charge in [-0.2, -0.15) is 0 Å². The number of fused-ring (bicyclic) bond motifs is 1. The molecular formula is C22H16O2. The van der Waals surface area contributed by atoms with Crippen molar-refractivity contribution in [3.8, 4) is 11.3 Å². The molecule has 116 valence electrons. The molecule has 1 heterocycles. The van der Waals surface area contributed by atoms with Crippen molar-refractivity contribution in [3.63, 3.8) is 0 Å². The second kappa shape index (κ2) is 6.17. The minimum Gasteiger partial charge on any atom is -0.423 e. The summed E-state index contributed by atoms with van der Waals surface area (Å²) in [4.78, 5) is 12.0. The molecule has 0 saturated heterocycles. The largest absolute Gasteiger partial charge is 0.423 e. The summed E-state index contributed by atoms with van der Waals surface area (Å²) in [6.45, 7) is 0. The minimum atomic E-state index is -0.313. The van der Waals surface area contributed by atoms with Crippen molar-refractivity contribution < 1.29 is 4.42 Å². The lowest BCUT2D eigenvalue weighted by molar-refractivity contribution is 0.524. The Bertz CT molecular complexity index is 1050. The van der Waals surface area contributed by atoms with Crippen molar-refractivity contribution in [2.45, 2.75) is 6.42 Å². The fourth-order valence-corrected chi connectivity index (χ4v) is 2.95. The van der Waals surface area contributed by atoms with Crippen molar-refractivity contribution in [3.05, 3.63) is 106 Å². The van der Waals surface area contributed by atoms with Gasteiger partial charge in [0.2, 0.25) is 0 Å². The fourth-order valence-electron chi connectivity index (χ4n) is 2.95. The van der Waals surface area contributed by atoms with Gasteiger partial charge >= 0.3 is 5.63 Å². The first-order chi connectivity index (χ1) is 11.8. The van der Waals surface area contributed by atoms with Gasteiger partial charge in [0.15, 0.2) is 0 Å². The number of hydrogen-bond acceptors (Lipinski definition) is 2. The maximum atomic E-state index is 12.0. The van der Waals surface area contributed by atoms with Gasteiger partial charge in [-0.05, 0) is 40.5 Å². The summed E-state index contributed by atoms with van der Waals surface area (Å²) in [6.07, 6.45) is 0.715. The lowest BCUT2D eigenvalue weighted by Crippen LogP contribution is -2.01. The third kappa shape index (κ3) is 2.99. The molecule has 0 fully saturated rings. The molecule has 2 nitrogen and oxygen atoms in total. The molecule has 2 heteroatoms. The highest BCUT2D eigenvalue weighted by molar-refractivity contribution is 5.86. The van der Waals surface area contributed by atoms with Crippen LogP contribution in [0.4, 0.5) is 0 Å². The second-order valence-corrected chi connectivity index (χ2v) is 5.87. The molecule has 4 rings (SSSR count). The van der Waals surface area contributed by atoms with Crippen molar-refractivity contribution in [1.82, 2.24) is 0 Å². The molecule has 24 heavy (non-hydrogen) atoms. The van der Waals surface area contributed by atoms with Gasteiger partial charge in [0.05, 0.1) is 0 Å². The third-order valence-electron chi connectivity index (χ3n) is 4.12. The highest BCUT2D eigenvalue weighted by Gasteiger charge is 2.06. The van der Waals surface area contributed by atoms with Crippen molar-refractivity contribution in [2.24, 2.45) is 0 Å². The van der Waals surface area contributed by atoms with Crippen LogP contribution in [0.2, 0.25) is 0 Å². The van der Waals surface area contributed by atoms with Gasteiger partial charge in [0, 0.05) is 11.6 Å². The van der Waals surface area contributed by atoms with E-state index in [1.54, 1.807) is 6.07 Å². The molecule has 0 bridgehead atoms. The van der Waals surface area contributed by atoms with Crippen LogP contribution >= 0.6 is 0 Å². The third-order valence-corrected chi connectivity index (χ3v) is 4.12. The van der Waals surface area contributed by atoms with Gasteiger partial charge < -0.3 is 4.42 Å². The molecule has 0 unspecified atom stereocenters. The Hall–Kier alpha value is -3.13. The molecular weight excluding hydrogens is 296 g/mol. The molecule has 0 saturated carbocycles. The van der Waals surface area contributed by atoms with Crippen LogP contribution in [0.1, 0.15) is 11.1 Å². The highest BCUT2D eigenvalue weighted by Crippen LogP contribution is 2.24. The number of hydrogen-bond donors (Lipinski definition) is 0. The number of rotatable bonds is 3. The monoisotopic (exact) mass is 312 g/mol. The van der Waals surface area contributed by atoms with Crippen LogP contribution < -0.4 is 5.63 Å². The molecule has 4 aromatic rings. The van der Waals surface area contributed by atoms with Gasteiger partial charge in [0.25, 0.3) is 0 Å². The molecule has 0 aliphatic heterocycles. The van der Waals surface area contributed by atoms with E-state index >= 15 is 0 Å². The Balaban J connectivity index is 1.75. The maximum absolute atomic E-state index is 12.0. The fraction of sp³-hybridized carbons (Fsp3) is 0.0455. The predicted molar refractivity (Wildman–Crippen MR) is 97.2 cm³/mol. The molecule has 0 N–H and O–H groups in total. The second-order valence-electron chi connectivity index (χ2n) is 5.87. The van der Waals surface area contributed by atoms with Crippen molar-refractivity contribution in [1.29, 1.82) is 0 Å². The van der Waals surface area contributed by atoms with Crippen LogP contribution in [0.25, 0.3) is 22.1 Å². The zero-order chi connectivity index (χ0) is 16.4. The molecule has 0 radical (unpaired) electrons. The van der Waals surface area contributed by atoms with Crippen molar-refractivity contribution in [2.75, 3.05) is 0 Å². The Morgan fingerprint density at radius 1 is 0.667 bits per heavy atom. The van der Waals surface area contributed by atoms with Gasteiger partial charge in [-0.15, -0.1) is 0 Å². The number of benzene rings is 3. The maximum Gasteiger partial charge on any atom is 0.336 e. The molecule has 0 atom stereocenters. The molecule has 0 amide bonds. The van der Waals surface area contributed by atoms with Crippen LogP contribution in [0, 0.1) is 0 Å². The predicted octanol–water partition coefficient (Wildman–Crippen LogP) is 5.05. The van der Waals surface area contributed by atoms with Crippen LogP contribution in [0.3, 0.4) is 0 Å². The van der Waals surface area contributed by atoms with Crippen LogP contribution in [0.5, 0.6) is 0 Å². The van der Waals surface area contributed by atoms with E-state index in [0.29, 0.717) is 12.2 Å². The van der Waals surface area contributed by atoms with Gasteiger partial charge in [-0.25, -0.2) is 4.79 Å². The van der Waals surface area contributed by atoms with Crippen LogP contribution in [-0.4, -0.2) is 0 Å². The van der Waals surface area contributed by atoms with Gasteiger partial charge in [0.1, 0.15) is 5.76 Å². The first kappa shape index (κ1) is 14.5. The van der Waals surface area contributed by atoms with E-state index < -0.39 is 0 Å². The van der Waals surface area contributed by atoms with E-state index in [1.807, 2.05) is 42.5 Å². The minimum absolute atomic E-state index is 0.313. The average molecular weight is 312 g/mol. The average Bonchev–Trinajstić information content (AvgIpc) is 2.62. The quantitative estimate of drug-likeness (QED) is 0.530. The van der Waals surface area contributed by atoms with Gasteiger partial charge in [-0.1, -0.05) is 66.7 Å². The summed E-state index contributed by atoms with van der Waals surface area (Å²) in [7, 11) is 0. The van der Waals surface area contributed by atoms with Crippen LogP contribution in [-0.2, 0) is 6.42 Å². The zero-order valence-electron chi connectivity index (χ0n) is 13.1. The first-order valence-corrected chi connectivity index (χ1v) is 7.95. The molecule has 0 aliphatic rings. The van der Waals surface area contributed by atoms with Crippen LogP contribution in [0.15, 0.2) is 94.1 Å². The SMILES string of the molecule is O=c1cc(Cc2ccccc2)cc(-c2ccc3ccccc3c2)o1. The standard InChI is InChI=1S/C22H16O2/c23-22-14-17(12-16-6-2-1-3-7-16)13-21(24-22)20-11-10-18-8-4-5-9-19(18)15-20/h1-11,13-15H,12H2. The lowest BCUT2D eigenvalue weighted by atomic mass is 10.0. The summed E-state index contributed by atoms with van der Waals surface area (Å²) >= 11 is 0.